The fourth-order valence-corrected chi connectivity index (χ4v) is 1.06. The number of hydrogen-bond acceptors (Lipinski definition) is 4. The van der Waals surface area contributed by atoms with Gasteiger partial charge in [-0.15, -0.1) is 0 Å². The van der Waals surface area contributed by atoms with Gasteiger partial charge in [-0.3, -0.25) is 9.59 Å². The van der Waals surface area contributed by atoms with Gasteiger partial charge in [0.2, 0.25) is 11.8 Å². The molecule has 0 radical (unpaired) electrons. The summed E-state index contributed by atoms with van der Waals surface area (Å²) in [6.07, 6.45) is 0.436. The van der Waals surface area contributed by atoms with Gasteiger partial charge in [-0.1, -0.05) is 0 Å². The molecule has 0 aliphatic rings. The Morgan fingerprint density at radius 1 is 1.38 bits per heavy atom. The minimum Gasteiger partial charge on any atom is -0.372 e. The lowest BCUT2D eigenvalue weighted by Crippen LogP contribution is -2.45. The van der Waals surface area contributed by atoms with E-state index in [1.165, 1.54) is 6.92 Å². The van der Waals surface area contributed by atoms with Crippen molar-refractivity contribution in [3.8, 4) is 0 Å². The quantitative estimate of drug-likeness (QED) is 0.579. The summed E-state index contributed by atoms with van der Waals surface area (Å²) in [5, 5.41) is 2.42. The van der Waals surface area contributed by atoms with E-state index in [0.717, 1.165) is 0 Å². The van der Waals surface area contributed by atoms with Crippen molar-refractivity contribution in [2.45, 2.75) is 32.7 Å². The van der Waals surface area contributed by atoms with Crippen molar-refractivity contribution in [2.24, 2.45) is 5.73 Å². The van der Waals surface area contributed by atoms with E-state index >= 15 is 0 Å². The highest BCUT2D eigenvalue weighted by Gasteiger charge is 2.18. The van der Waals surface area contributed by atoms with Crippen LogP contribution >= 0.6 is 0 Å². The molecule has 0 spiro atoms. The first-order valence-electron chi connectivity index (χ1n) is 5.13. The average Bonchev–Trinajstić information content (AvgIpc) is 2.20. The van der Waals surface area contributed by atoms with Gasteiger partial charge in [0, 0.05) is 13.0 Å². The fraction of sp³-hybridized carbons (Fsp3) is 0.700. The lowest BCUT2D eigenvalue weighted by Gasteiger charge is -2.14. The number of carbonyl (C=O) groups is 3. The molecule has 0 aromatic carbocycles. The van der Waals surface area contributed by atoms with E-state index in [1.807, 2.05) is 0 Å². The summed E-state index contributed by atoms with van der Waals surface area (Å²) in [4.78, 5) is 32.9. The van der Waals surface area contributed by atoms with E-state index in [-0.39, 0.29) is 25.2 Å². The third-order valence-corrected chi connectivity index (χ3v) is 1.90. The highest BCUT2D eigenvalue weighted by atomic mass is 16.5. The van der Waals surface area contributed by atoms with E-state index in [1.54, 1.807) is 6.92 Å². The maximum atomic E-state index is 11.2. The lowest BCUT2D eigenvalue weighted by atomic mass is 10.1. The van der Waals surface area contributed by atoms with Gasteiger partial charge < -0.3 is 20.6 Å². The molecule has 0 bridgehead atoms. The smallest absolute Gasteiger partial charge is 0.246 e. The van der Waals surface area contributed by atoms with Crippen LogP contribution in [0.15, 0.2) is 0 Å². The summed E-state index contributed by atoms with van der Waals surface area (Å²) in [5.41, 5.74) is 5.09. The van der Waals surface area contributed by atoms with E-state index in [9.17, 15) is 14.4 Å². The molecule has 0 aliphatic carbocycles. The number of nitrogens with one attached hydrogen (secondary N) is 1. The summed E-state index contributed by atoms with van der Waals surface area (Å²) < 4.78 is 4.87. The molecule has 0 heterocycles. The van der Waals surface area contributed by atoms with Gasteiger partial charge in [0.15, 0.2) is 0 Å². The van der Waals surface area contributed by atoms with E-state index in [2.05, 4.69) is 5.32 Å². The number of carbonyl (C=O) groups excluding carboxylic acids is 3. The first-order valence-corrected chi connectivity index (χ1v) is 5.13. The maximum absolute atomic E-state index is 11.2. The predicted molar refractivity (Wildman–Crippen MR) is 57.5 cm³/mol. The number of Topliss-reactive ketones (excluding diaryl/α,β-unsaturated/α-hetero) is 1. The zero-order valence-corrected chi connectivity index (χ0v) is 9.62. The van der Waals surface area contributed by atoms with Crippen LogP contribution in [0.1, 0.15) is 26.7 Å². The molecule has 1 atom stereocenters. The van der Waals surface area contributed by atoms with Crippen molar-refractivity contribution in [3.05, 3.63) is 0 Å². The SMILES string of the molecule is CCOCC(=O)N[C@H](CCC(C)=O)C(N)=O. The minimum absolute atomic E-state index is 0.0506. The van der Waals surface area contributed by atoms with Gasteiger partial charge >= 0.3 is 0 Å². The summed E-state index contributed by atoms with van der Waals surface area (Å²) >= 11 is 0. The molecule has 0 fully saturated rings. The Balaban J connectivity index is 4.07. The van der Waals surface area contributed by atoms with Gasteiger partial charge in [0.25, 0.3) is 0 Å². The number of amides is 2. The van der Waals surface area contributed by atoms with Crippen LogP contribution < -0.4 is 11.1 Å². The van der Waals surface area contributed by atoms with Gasteiger partial charge in [-0.25, -0.2) is 0 Å². The van der Waals surface area contributed by atoms with Crippen LogP contribution in [0.4, 0.5) is 0 Å². The molecule has 6 heteroatoms. The van der Waals surface area contributed by atoms with Crippen LogP contribution in [0.25, 0.3) is 0 Å². The second-order valence-corrected chi connectivity index (χ2v) is 3.40. The lowest BCUT2D eigenvalue weighted by molar-refractivity contribution is -0.130. The first kappa shape index (κ1) is 14.6. The molecular weight excluding hydrogens is 212 g/mol. The predicted octanol–water partition coefficient (Wildman–Crippen LogP) is -0.638. The van der Waals surface area contributed by atoms with Gasteiger partial charge in [0.1, 0.15) is 18.4 Å². The molecule has 2 amide bonds. The molecule has 6 nitrogen and oxygen atoms in total. The van der Waals surface area contributed by atoms with Crippen molar-refractivity contribution < 1.29 is 19.1 Å². The molecule has 0 aromatic heterocycles. The number of ketones is 1. The van der Waals surface area contributed by atoms with Crippen LogP contribution in [0, 0.1) is 0 Å². The number of primary amides is 1. The Hall–Kier alpha value is -1.43. The number of rotatable bonds is 8. The van der Waals surface area contributed by atoms with Crippen molar-refractivity contribution in [2.75, 3.05) is 13.2 Å². The normalized spacial score (nSPS) is 11.9. The summed E-state index contributed by atoms with van der Waals surface area (Å²) in [5.74, 6) is -1.11. The molecule has 0 saturated heterocycles. The Bertz CT molecular complexity index is 266. The topological polar surface area (TPSA) is 98.5 Å². The van der Waals surface area contributed by atoms with Gasteiger partial charge in [0.05, 0.1) is 0 Å². The Kier molecular flexibility index (Phi) is 7.11. The highest BCUT2D eigenvalue weighted by molar-refractivity contribution is 5.87. The molecular formula is C10H18N2O4. The average molecular weight is 230 g/mol. The summed E-state index contributed by atoms with van der Waals surface area (Å²) in [6, 6.07) is -0.808. The number of nitrogens with two attached hydrogens (primary N) is 1. The molecule has 0 unspecified atom stereocenters. The summed E-state index contributed by atoms with van der Waals surface area (Å²) in [6.45, 7) is 3.48. The maximum Gasteiger partial charge on any atom is 0.246 e. The second kappa shape index (κ2) is 7.81. The standard InChI is InChI=1S/C10H18N2O4/c1-3-16-6-9(14)12-8(10(11)15)5-4-7(2)13/h8H,3-6H2,1-2H3,(H2,11,15)(H,12,14)/t8-/m1/s1. The van der Waals surface area contributed by atoms with E-state index < -0.39 is 17.9 Å². The van der Waals surface area contributed by atoms with E-state index in [4.69, 9.17) is 10.5 Å². The Morgan fingerprint density at radius 2 is 2.00 bits per heavy atom. The van der Waals surface area contributed by atoms with Crippen LogP contribution in [-0.4, -0.2) is 36.9 Å². The molecule has 0 saturated carbocycles. The molecule has 0 rings (SSSR count). The monoisotopic (exact) mass is 230 g/mol. The van der Waals surface area contributed by atoms with Gasteiger partial charge in [-0.05, 0) is 20.3 Å². The third kappa shape index (κ3) is 6.94. The highest BCUT2D eigenvalue weighted by Crippen LogP contribution is 1.98. The molecule has 16 heavy (non-hydrogen) atoms. The van der Waals surface area contributed by atoms with Crippen molar-refractivity contribution >= 4 is 17.6 Å². The van der Waals surface area contributed by atoms with E-state index in [0.29, 0.717) is 6.61 Å². The van der Waals surface area contributed by atoms with Crippen LogP contribution in [-0.2, 0) is 19.1 Å². The largest absolute Gasteiger partial charge is 0.372 e. The third-order valence-electron chi connectivity index (χ3n) is 1.90. The minimum atomic E-state index is -0.808. The Labute approximate surface area is 94.5 Å². The molecule has 3 N–H and O–H groups in total. The van der Waals surface area contributed by atoms with Gasteiger partial charge in [-0.2, -0.15) is 0 Å². The zero-order chi connectivity index (χ0) is 12.6. The zero-order valence-electron chi connectivity index (χ0n) is 9.62. The molecule has 0 aromatic rings. The molecule has 92 valence electrons. The van der Waals surface area contributed by atoms with Crippen LogP contribution in [0.3, 0.4) is 0 Å². The van der Waals surface area contributed by atoms with Crippen molar-refractivity contribution in [3.63, 3.8) is 0 Å². The van der Waals surface area contributed by atoms with Crippen LogP contribution in [0.2, 0.25) is 0 Å². The number of ether oxygens (including phenoxy) is 1. The fourth-order valence-electron chi connectivity index (χ4n) is 1.06. The first-order chi connectivity index (χ1) is 7.47. The summed E-state index contributed by atoms with van der Waals surface area (Å²) in [7, 11) is 0. The van der Waals surface area contributed by atoms with Crippen molar-refractivity contribution in [1.82, 2.24) is 5.32 Å². The second-order valence-electron chi connectivity index (χ2n) is 3.40. The van der Waals surface area contributed by atoms with Crippen LogP contribution in [0.5, 0.6) is 0 Å². The Morgan fingerprint density at radius 3 is 2.44 bits per heavy atom. The number of hydrogen-bond donors (Lipinski definition) is 2. The van der Waals surface area contributed by atoms with Crippen molar-refractivity contribution in [1.29, 1.82) is 0 Å². The molecule has 0 aliphatic heterocycles.